The highest BCUT2D eigenvalue weighted by Crippen LogP contribution is 2.29. The van der Waals surface area contributed by atoms with Crippen molar-refractivity contribution in [2.45, 2.75) is 6.42 Å². The van der Waals surface area contributed by atoms with Crippen LogP contribution in [-0.2, 0) is 9.47 Å². The fraction of sp³-hybridized carbons (Fsp3) is 0.500. The van der Waals surface area contributed by atoms with Crippen LogP contribution in [0, 0.1) is 0 Å². The van der Waals surface area contributed by atoms with E-state index in [9.17, 15) is 15.0 Å². The summed E-state index contributed by atoms with van der Waals surface area (Å²) in [4.78, 5) is 13.9. The third-order valence-electron chi connectivity index (χ3n) is 2.87. The smallest absolute Gasteiger partial charge is 0.257 e. The summed E-state index contributed by atoms with van der Waals surface area (Å²) in [6.45, 7) is 1.85. The van der Waals surface area contributed by atoms with Gasteiger partial charge >= 0.3 is 0 Å². The number of phenolic OH excluding ortho intramolecular Hbond substituents is 2. The highest BCUT2D eigenvalue weighted by molar-refractivity contribution is 5.97. The summed E-state index contributed by atoms with van der Waals surface area (Å²) in [5, 5.41) is 19.2. The van der Waals surface area contributed by atoms with E-state index in [2.05, 4.69) is 0 Å². The minimum Gasteiger partial charge on any atom is -0.504 e. The van der Waals surface area contributed by atoms with E-state index in [0.29, 0.717) is 32.7 Å². The van der Waals surface area contributed by atoms with Crippen molar-refractivity contribution in [3.63, 3.8) is 0 Å². The number of hydrogen-bond donors (Lipinski definition) is 2. The maximum absolute atomic E-state index is 12.4. The number of hydrogen-bond acceptors (Lipinski definition) is 5. The molecule has 0 saturated carbocycles. The molecule has 20 heavy (non-hydrogen) atoms. The normalized spacial score (nSPS) is 10.5. The van der Waals surface area contributed by atoms with Crippen molar-refractivity contribution in [3.8, 4) is 11.5 Å². The molecular weight excluding hydrogens is 262 g/mol. The molecule has 0 fully saturated rings. The first-order valence-electron chi connectivity index (χ1n) is 6.40. The molecular formula is C14H21NO5. The van der Waals surface area contributed by atoms with Gasteiger partial charge in [-0.2, -0.15) is 0 Å². The molecule has 112 valence electrons. The van der Waals surface area contributed by atoms with Crippen LogP contribution in [-0.4, -0.2) is 61.5 Å². The van der Waals surface area contributed by atoms with Crippen molar-refractivity contribution in [2.24, 2.45) is 0 Å². The average Bonchev–Trinajstić information content (AvgIpc) is 2.45. The van der Waals surface area contributed by atoms with Crippen molar-refractivity contribution in [1.82, 2.24) is 4.90 Å². The van der Waals surface area contributed by atoms with Gasteiger partial charge in [0.05, 0.1) is 12.2 Å². The van der Waals surface area contributed by atoms with E-state index in [1.165, 1.54) is 18.2 Å². The van der Waals surface area contributed by atoms with Crippen molar-refractivity contribution in [1.29, 1.82) is 0 Å². The lowest BCUT2D eigenvalue weighted by Gasteiger charge is -2.22. The number of phenols is 2. The van der Waals surface area contributed by atoms with Gasteiger partial charge < -0.3 is 24.6 Å². The van der Waals surface area contributed by atoms with Crippen molar-refractivity contribution in [2.75, 3.05) is 40.5 Å². The zero-order valence-electron chi connectivity index (χ0n) is 11.8. The number of rotatable bonds is 8. The molecule has 6 heteroatoms. The van der Waals surface area contributed by atoms with Crippen LogP contribution in [0.2, 0.25) is 0 Å². The van der Waals surface area contributed by atoms with E-state index >= 15 is 0 Å². The minimum absolute atomic E-state index is 0.0820. The second-order valence-electron chi connectivity index (χ2n) is 4.30. The molecule has 0 atom stereocenters. The summed E-state index contributed by atoms with van der Waals surface area (Å²) in [6.07, 6.45) is 0.686. The lowest BCUT2D eigenvalue weighted by Crippen LogP contribution is -2.35. The summed E-state index contributed by atoms with van der Waals surface area (Å²) in [5.74, 6) is -1.04. The minimum atomic E-state index is -0.397. The third-order valence-corrected chi connectivity index (χ3v) is 2.87. The van der Waals surface area contributed by atoms with E-state index in [1.54, 1.807) is 19.1 Å². The number of methoxy groups -OCH3 is 2. The van der Waals surface area contributed by atoms with Gasteiger partial charge in [-0.3, -0.25) is 4.79 Å². The van der Waals surface area contributed by atoms with Gasteiger partial charge in [0.2, 0.25) is 0 Å². The molecule has 6 nitrogen and oxygen atoms in total. The molecule has 0 aliphatic carbocycles. The van der Waals surface area contributed by atoms with Crippen LogP contribution in [0.15, 0.2) is 18.2 Å². The predicted molar refractivity (Wildman–Crippen MR) is 74.0 cm³/mol. The van der Waals surface area contributed by atoms with Gasteiger partial charge in [0.25, 0.3) is 5.91 Å². The Morgan fingerprint density at radius 1 is 1.15 bits per heavy atom. The molecule has 0 bridgehead atoms. The Balaban J connectivity index is 2.82. The molecule has 1 aromatic carbocycles. The zero-order chi connectivity index (χ0) is 15.0. The number of nitrogens with zero attached hydrogens (tertiary/aromatic N) is 1. The summed E-state index contributed by atoms with van der Waals surface area (Å²) in [5.41, 5.74) is 0.0820. The first kappa shape index (κ1) is 16.3. The molecule has 2 N–H and O–H groups in total. The van der Waals surface area contributed by atoms with Crippen LogP contribution in [0.5, 0.6) is 11.5 Å². The number of amides is 1. The van der Waals surface area contributed by atoms with Gasteiger partial charge in [0.1, 0.15) is 0 Å². The molecule has 0 aromatic heterocycles. The van der Waals surface area contributed by atoms with Crippen molar-refractivity contribution in [3.05, 3.63) is 23.8 Å². The Kier molecular flexibility index (Phi) is 6.83. The fourth-order valence-corrected chi connectivity index (χ4v) is 1.79. The van der Waals surface area contributed by atoms with Crippen molar-refractivity contribution >= 4 is 5.91 Å². The van der Waals surface area contributed by atoms with E-state index in [0.717, 1.165) is 0 Å². The molecule has 0 heterocycles. The maximum atomic E-state index is 12.4. The van der Waals surface area contributed by atoms with E-state index in [4.69, 9.17) is 9.47 Å². The Labute approximate surface area is 118 Å². The topological polar surface area (TPSA) is 79.2 Å². The monoisotopic (exact) mass is 283 g/mol. The highest BCUT2D eigenvalue weighted by atomic mass is 16.5. The van der Waals surface area contributed by atoms with Crippen LogP contribution in [0.25, 0.3) is 0 Å². The Bertz CT molecular complexity index is 436. The number of para-hydroxylation sites is 1. The zero-order valence-corrected chi connectivity index (χ0v) is 11.8. The molecule has 1 rings (SSSR count). The van der Waals surface area contributed by atoms with Gasteiger partial charge in [-0.25, -0.2) is 0 Å². The van der Waals surface area contributed by atoms with Gasteiger partial charge in [0.15, 0.2) is 11.5 Å². The van der Waals surface area contributed by atoms with Crippen molar-refractivity contribution < 1.29 is 24.5 Å². The molecule has 1 aromatic rings. The van der Waals surface area contributed by atoms with E-state index in [-0.39, 0.29) is 17.2 Å². The number of benzene rings is 1. The van der Waals surface area contributed by atoms with Gasteiger partial charge in [-0.15, -0.1) is 0 Å². The molecule has 1 amide bonds. The lowest BCUT2D eigenvalue weighted by atomic mass is 10.1. The predicted octanol–water partition coefficient (Wildman–Crippen LogP) is 1.22. The highest BCUT2D eigenvalue weighted by Gasteiger charge is 2.20. The summed E-state index contributed by atoms with van der Waals surface area (Å²) in [6, 6.07) is 4.33. The largest absolute Gasteiger partial charge is 0.504 e. The van der Waals surface area contributed by atoms with Crippen LogP contribution in [0.4, 0.5) is 0 Å². The summed E-state index contributed by atoms with van der Waals surface area (Å²) in [7, 11) is 3.16. The Hall–Kier alpha value is -1.79. The first-order valence-corrected chi connectivity index (χ1v) is 6.40. The molecule has 0 aliphatic rings. The Morgan fingerprint density at radius 2 is 1.85 bits per heavy atom. The SMILES string of the molecule is COCCCN(CCOC)C(=O)c1cccc(O)c1O. The standard InChI is InChI=1S/C14H21NO5/c1-19-9-4-7-15(8-10-20-2)14(18)11-5-3-6-12(16)13(11)17/h3,5-6,16-17H,4,7-10H2,1-2H3. The second kappa shape index (κ2) is 8.39. The van der Waals surface area contributed by atoms with Crippen LogP contribution < -0.4 is 0 Å². The fourth-order valence-electron chi connectivity index (χ4n) is 1.79. The van der Waals surface area contributed by atoms with Crippen LogP contribution >= 0.6 is 0 Å². The average molecular weight is 283 g/mol. The first-order chi connectivity index (χ1) is 9.61. The molecule has 0 unspecified atom stereocenters. The van der Waals surface area contributed by atoms with E-state index < -0.39 is 5.75 Å². The summed E-state index contributed by atoms with van der Waals surface area (Å²) < 4.78 is 9.95. The molecule has 0 spiro atoms. The molecule has 0 saturated heterocycles. The van der Waals surface area contributed by atoms with Gasteiger partial charge in [-0.05, 0) is 18.6 Å². The number of carbonyl (C=O) groups is 1. The van der Waals surface area contributed by atoms with Gasteiger partial charge in [0, 0.05) is 33.9 Å². The number of carbonyl (C=O) groups excluding carboxylic acids is 1. The quantitative estimate of drug-likeness (QED) is 0.554. The second-order valence-corrected chi connectivity index (χ2v) is 4.30. The molecule has 0 aliphatic heterocycles. The number of aromatic hydroxyl groups is 2. The maximum Gasteiger partial charge on any atom is 0.257 e. The Morgan fingerprint density at radius 3 is 2.50 bits per heavy atom. The summed E-state index contributed by atoms with van der Waals surface area (Å²) >= 11 is 0. The van der Waals surface area contributed by atoms with E-state index in [1.807, 2.05) is 0 Å². The number of ether oxygens (including phenoxy) is 2. The molecule has 0 radical (unpaired) electrons. The lowest BCUT2D eigenvalue weighted by molar-refractivity contribution is 0.0670. The van der Waals surface area contributed by atoms with Crippen LogP contribution in [0.3, 0.4) is 0 Å². The van der Waals surface area contributed by atoms with Gasteiger partial charge in [-0.1, -0.05) is 6.07 Å². The third kappa shape index (κ3) is 4.40. The van der Waals surface area contributed by atoms with Crippen LogP contribution in [0.1, 0.15) is 16.8 Å².